The van der Waals surface area contributed by atoms with Crippen LogP contribution in [0.2, 0.25) is 0 Å². The number of phenolic OH excluding ortho intramolecular Hbond substituents is 1. The van der Waals surface area contributed by atoms with E-state index in [2.05, 4.69) is 57.5 Å². The van der Waals surface area contributed by atoms with Crippen molar-refractivity contribution in [3.05, 3.63) is 16.6 Å². The Morgan fingerprint density at radius 2 is 1.22 bits per heavy atom. The largest absolute Gasteiger partial charge is 0.506 e. The molecule has 0 bridgehead atoms. The van der Waals surface area contributed by atoms with Gasteiger partial charge < -0.3 is 5.11 Å². The van der Waals surface area contributed by atoms with E-state index in [1.807, 2.05) is 12.1 Å². The summed E-state index contributed by atoms with van der Waals surface area (Å²) in [5, 5.41) is 10.4. The van der Waals surface area contributed by atoms with Gasteiger partial charge in [0.2, 0.25) is 0 Å². The lowest BCUT2D eigenvalue weighted by molar-refractivity contribution is 0.448. The molecule has 0 saturated carbocycles. The molecule has 0 unspecified atom stereocenters. The summed E-state index contributed by atoms with van der Waals surface area (Å²) in [6, 6.07) is 3.97. The second kappa shape index (κ2) is 5.68. The number of halogens is 1. The average molecular weight is 349 g/mol. The minimum absolute atomic E-state index is 0.0853. The zero-order chi connectivity index (χ0) is 14.1. The smallest absolute Gasteiger partial charge is 0.142 e. The van der Waals surface area contributed by atoms with Gasteiger partial charge in [0.25, 0.3) is 0 Å². The number of phenols is 1. The Kier molecular flexibility index (Phi) is 5.13. The van der Waals surface area contributed by atoms with Crippen LogP contribution in [0.4, 0.5) is 0 Å². The first-order valence-corrected chi connectivity index (χ1v) is 8.31. The van der Waals surface area contributed by atoms with Crippen LogP contribution < -0.4 is 0 Å². The number of aromatic hydroxyl groups is 1. The van der Waals surface area contributed by atoms with Crippen LogP contribution >= 0.6 is 39.5 Å². The van der Waals surface area contributed by atoms with Crippen molar-refractivity contribution in [3.8, 4) is 5.75 Å². The first-order valence-electron chi connectivity index (χ1n) is 5.88. The van der Waals surface area contributed by atoms with Crippen LogP contribution in [0.5, 0.6) is 5.75 Å². The van der Waals surface area contributed by atoms with E-state index in [1.165, 1.54) is 0 Å². The van der Waals surface area contributed by atoms with Crippen LogP contribution in [-0.2, 0) is 0 Å². The summed E-state index contributed by atoms with van der Waals surface area (Å²) >= 11 is 6.90. The summed E-state index contributed by atoms with van der Waals surface area (Å²) in [5.41, 5.74) is 0. The molecule has 0 amide bonds. The second-order valence-corrected chi connectivity index (χ2v) is 10.8. The lowest BCUT2D eigenvalue weighted by Crippen LogP contribution is -2.08. The van der Waals surface area contributed by atoms with Crippen molar-refractivity contribution in [2.45, 2.75) is 60.8 Å². The molecule has 0 atom stereocenters. The van der Waals surface area contributed by atoms with Crippen LogP contribution in [0.3, 0.4) is 0 Å². The molecular weight excluding hydrogens is 328 g/mol. The predicted octanol–water partition coefficient (Wildman–Crippen LogP) is 5.94. The molecule has 0 aliphatic heterocycles. The van der Waals surface area contributed by atoms with Gasteiger partial charge in [0, 0.05) is 14.0 Å². The maximum Gasteiger partial charge on any atom is 0.142 e. The molecule has 102 valence electrons. The molecule has 0 aliphatic carbocycles. The van der Waals surface area contributed by atoms with Crippen LogP contribution in [0.15, 0.2) is 26.4 Å². The van der Waals surface area contributed by atoms with Crippen molar-refractivity contribution in [1.82, 2.24) is 0 Å². The summed E-state index contributed by atoms with van der Waals surface area (Å²) in [6.07, 6.45) is 0. The van der Waals surface area contributed by atoms with Gasteiger partial charge in [-0.3, -0.25) is 0 Å². The number of thioether (sulfide) groups is 2. The molecule has 1 N–H and O–H groups in total. The Morgan fingerprint density at radius 1 is 0.889 bits per heavy atom. The van der Waals surface area contributed by atoms with Gasteiger partial charge in [-0.1, -0.05) is 57.5 Å². The fraction of sp³-hybridized carbons (Fsp3) is 0.571. The zero-order valence-electron chi connectivity index (χ0n) is 11.8. The summed E-state index contributed by atoms with van der Waals surface area (Å²) in [7, 11) is 0. The first-order chi connectivity index (χ1) is 7.98. The van der Waals surface area contributed by atoms with E-state index >= 15 is 0 Å². The highest BCUT2D eigenvalue weighted by molar-refractivity contribution is 9.10. The predicted molar refractivity (Wildman–Crippen MR) is 87.0 cm³/mol. The van der Waals surface area contributed by atoms with Crippen molar-refractivity contribution in [3.63, 3.8) is 0 Å². The van der Waals surface area contributed by atoms with E-state index in [0.29, 0.717) is 5.75 Å². The normalized spacial score (nSPS) is 12.8. The minimum Gasteiger partial charge on any atom is -0.506 e. The van der Waals surface area contributed by atoms with Crippen molar-refractivity contribution < 1.29 is 5.11 Å². The Labute approximate surface area is 127 Å². The van der Waals surface area contributed by atoms with Gasteiger partial charge >= 0.3 is 0 Å². The van der Waals surface area contributed by atoms with E-state index in [9.17, 15) is 5.11 Å². The number of hydrogen-bond acceptors (Lipinski definition) is 3. The van der Waals surface area contributed by atoms with E-state index < -0.39 is 0 Å². The van der Waals surface area contributed by atoms with E-state index in [0.717, 1.165) is 14.3 Å². The fourth-order valence-electron chi connectivity index (χ4n) is 1.37. The van der Waals surface area contributed by atoms with E-state index in [-0.39, 0.29) is 9.49 Å². The third-order valence-corrected chi connectivity index (χ3v) is 4.58. The molecular formula is C14H21BrOS2. The van der Waals surface area contributed by atoms with E-state index in [4.69, 9.17) is 0 Å². The number of benzene rings is 1. The van der Waals surface area contributed by atoms with Crippen molar-refractivity contribution >= 4 is 39.5 Å². The van der Waals surface area contributed by atoms with Crippen LogP contribution in [0.25, 0.3) is 0 Å². The standard InChI is InChI=1S/C14H21BrOS2/c1-13(2,3)17-10-7-9(15)8-11(12(10)16)18-14(4,5)6/h7-8,16H,1-6H3. The van der Waals surface area contributed by atoms with Gasteiger partial charge in [0.05, 0.1) is 9.79 Å². The van der Waals surface area contributed by atoms with Gasteiger partial charge in [0.1, 0.15) is 5.75 Å². The molecule has 18 heavy (non-hydrogen) atoms. The molecule has 0 heterocycles. The number of hydrogen-bond donors (Lipinski definition) is 1. The first kappa shape index (κ1) is 16.3. The number of rotatable bonds is 2. The highest BCUT2D eigenvalue weighted by Gasteiger charge is 2.21. The summed E-state index contributed by atoms with van der Waals surface area (Å²) in [6.45, 7) is 12.9. The van der Waals surface area contributed by atoms with Crippen LogP contribution in [-0.4, -0.2) is 14.6 Å². The Bertz CT molecular complexity index is 393. The van der Waals surface area contributed by atoms with Crippen molar-refractivity contribution in [1.29, 1.82) is 0 Å². The molecule has 1 nitrogen and oxygen atoms in total. The third-order valence-electron chi connectivity index (χ3n) is 1.84. The highest BCUT2D eigenvalue weighted by Crippen LogP contribution is 2.46. The summed E-state index contributed by atoms with van der Waals surface area (Å²) < 4.78 is 1.18. The van der Waals surface area contributed by atoms with Crippen LogP contribution in [0, 0.1) is 0 Å². The topological polar surface area (TPSA) is 20.2 Å². The summed E-state index contributed by atoms with van der Waals surface area (Å²) in [4.78, 5) is 1.87. The van der Waals surface area contributed by atoms with E-state index in [1.54, 1.807) is 23.5 Å². The maximum absolute atomic E-state index is 10.4. The van der Waals surface area contributed by atoms with Gasteiger partial charge in [-0.2, -0.15) is 0 Å². The maximum atomic E-state index is 10.4. The minimum atomic E-state index is 0.0853. The zero-order valence-corrected chi connectivity index (χ0v) is 15.0. The van der Waals surface area contributed by atoms with Crippen molar-refractivity contribution in [2.75, 3.05) is 0 Å². The fourth-order valence-corrected chi connectivity index (χ4v) is 4.30. The molecule has 0 aromatic heterocycles. The van der Waals surface area contributed by atoms with Crippen LogP contribution in [0.1, 0.15) is 41.5 Å². The quantitative estimate of drug-likeness (QED) is 0.668. The Morgan fingerprint density at radius 3 is 1.50 bits per heavy atom. The lowest BCUT2D eigenvalue weighted by Gasteiger charge is -2.22. The third kappa shape index (κ3) is 5.45. The molecule has 0 radical (unpaired) electrons. The summed E-state index contributed by atoms with van der Waals surface area (Å²) in [5.74, 6) is 0.401. The van der Waals surface area contributed by atoms with Crippen molar-refractivity contribution in [2.24, 2.45) is 0 Å². The Hall–Kier alpha value is 0.200. The Balaban J connectivity index is 3.14. The van der Waals surface area contributed by atoms with Gasteiger partial charge in [-0.25, -0.2) is 0 Å². The molecule has 0 saturated heterocycles. The molecule has 4 heteroatoms. The van der Waals surface area contributed by atoms with Gasteiger partial charge in [-0.15, -0.1) is 23.5 Å². The molecule has 1 aromatic rings. The van der Waals surface area contributed by atoms with Gasteiger partial charge in [-0.05, 0) is 12.1 Å². The lowest BCUT2D eigenvalue weighted by atomic mass is 10.3. The second-order valence-electron chi connectivity index (χ2n) is 6.18. The average Bonchev–Trinajstić information content (AvgIpc) is 2.07. The molecule has 0 fully saturated rings. The molecule has 1 rings (SSSR count). The van der Waals surface area contributed by atoms with Gasteiger partial charge in [0.15, 0.2) is 0 Å². The molecule has 1 aromatic carbocycles. The molecule has 0 spiro atoms. The SMILES string of the molecule is CC(C)(C)Sc1cc(Br)cc(SC(C)(C)C)c1O. The monoisotopic (exact) mass is 348 g/mol. The highest BCUT2D eigenvalue weighted by atomic mass is 79.9. The molecule has 0 aliphatic rings.